The number of primary amides is 1. The van der Waals surface area contributed by atoms with Gasteiger partial charge in [0, 0.05) is 11.8 Å². The van der Waals surface area contributed by atoms with Gasteiger partial charge in [-0.2, -0.15) is 5.26 Å². The first-order chi connectivity index (χ1) is 5.08. The minimum Gasteiger partial charge on any atom is -0.369 e. The van der Waals surface area contributed by atoms with Crippen molar-refractivity contribution in [3.8, 4) is 6.07 Å². The molecule has 0 heterocycles. The summed E-state index contributed by atoms with van der Waals surface area (Å²) in [7, 11) is 0. The maximum absolute atomic E-state index is 10.8. The minimum atomic E-state index is -0.318. The number of nitrogens with zero attached hydrogens (tertiary/aromatic N) is 1. The van der Waals surface area contributed by atoms with Crippen molar-refractivity contribution in [3.05, 3.63) is 0 Å². The molecule has 0 spiro atoms. The average Bonchev–Trinajstić information content (AvgIpc) is 1.84. The van der Waals surface area contributed by atoms with E-state index in [1.165, 1.54) is 0 Å². The highest BCUT2D eigenvalue weighted by molar-refractivity contribution is 5.81. The molecular weight excluding hydrogens is 140 g/mol. The lowest BCUT2D eigenvalue weighted by Gasteiger charge is -2.41. The van der Waals surface area contributed by atoms with Gasteiger partial charge in [0.05, 0.1) is 6.07 Å². The molecule has 0 bridgehead atoms. The van der Waals surface area contributed by atoms with Crippen LogP contribution in [0.5, 0.6) is 0 Å². The summed E-state index contributed by atoms with van der Waals surface area (Å²) >= 11 is 0. The Morgan fingerprint density at radius 2 is 2.36 bits per heavy atom. The first-order valence-electron chi connectivity index (χ1n) is 3.75. The van der Waals surface area contributed by atoms with E-state index in [9.17, 15) is 4.79 Å². The topological polar surface area (TPSA) is 66.9 Å². The van der Waals surface area contributed by atoms with E-state index in [2.05, 4.69) is 6.07 Å². The van der Waals surface area contributed by atoms with Crippen LogP contribution in [0.1, 0.15) is 26.2 Å². The molecular formula is C8H12N2O. The van der Waals surface area contributed by atoms with Crippen LogP contribution in [0.25, 0.3) is 0 Å². The monoisotopic (exact) mass is 152 g/mol. The quantitative estimate of drug-likeness (QED) is 0.636. The van der Waals surface area contributed by atoms with Gasteiger partial charge < -0.3 is 5.73 Å². The van der Waals surface area contributed by atoms with Crippen LogP contribution in [0.3, 0.4) is 0 Å². The molecule has 0 radical (unpaired) electrons. The zero-order valence-electron chi connectivity index (χ0n) is 6.63. The average molecular weight is 152 g/mol. The predicted octanol–water partition coefficient (Wildman–Crippen LogP) is 0.802. The number of hydrogen-bond acceptors (Lipinski definition) is 2. The van der Waals surface area contributed by atoms with Crippen LogP contribution in [0.2, 0.25) is 0 Å². The Balaban J connectivity index is 2.39. The van der Waals surface area contributed by atoms with Gasteiger partial charge in [-0.1, -0.05) is 6.92 Å². The van der Waals surface area contributed by atoms with Gasteiger partial charge in [0.1, 0.15) is 0 Å². The zero-order valence-corrected chi connectivity index (χ0v) is 6.63. The first kappa shape index (κ1) is 8.06. The van der Waals surface area contributed by atoms with Crippen LogP contribution >= 0.6 is 0 Å². The van der Waals surface area contributed by atoms with Gasteiger partial charge in [-0.25, -0.2) is 0 Å². The Kier molecular flexibility index (Phi) is 1.86. The van der Waals surface area contributed by atoms with Crippen LogP contribution in [0.15, 0.2) is 0 Å². The van der Waals surface area contributed by atoms with E-state index in [0.29, 0.717) is 12.3 Å². The van der Waals surface area contributed by atoms with E-state index in [1.807, 2.05) is 6.92 Å². The summed E-state index contributed by atoms with van der Waals surface area (Å²) in [4.78, 5) is 10.8. The third-order valence-corrected chi connectivity index (χ3v) is 2.45. The Morgan fingerprint density at radius 3 is 2.73 bits per heavy atom. The summed E-state index contributed by atoms with van der Waals surface area (Å²) in [5.41, 5.74) is 4.85. The van der Waals surface area contributed by atoms with Crippen LogP contribution in [-0.4, -0.2) is 5.91 Å². The van der Waals surface area contributed by atoms with E-state index in [0.717, 1.165) is 12.8 Å². The SMILES string of the molecule is CC1(C(N)=O)CC(CC#N)C1. The summed E-state index contributed by atoms with van der Waals surface area (Å²) in [6, 6.07) is 2.09. The Morgan fingerprint density at radius 1 is 1.82 bits per heavy atom. The highest BCUT2D eigenvalue weighted by Gasteiger charge is 2.44. The predicted molar refractivity (Wildman–Crippen MR) is 40.3 cm³/mol. The summed E-state index contributed by atoms with van der Waals surface area (Å²) < 4.78 is 0. The second-order valence-corrected chi connectivity index (χ2v) is 3.56. The van der Waals surface area contributed by atoms with Crippen molar-refractivity contribution in [3.63, 3.8) is 0 Å². The number of carbonyl (C=O) groups excluding carboxylic acids is 1. The van der Waals surface area contributed by atoms with Gasteiger partial charge in [0.15, 0.2) is 0 Å². The van der Waals surface area contributed by atoms with Crippen molar-refractivity contribution >= 4 is 5.91 Å². The summed E-state index contributed by atoms with van der Waals surface area (Å²) in [5.74, 6) is 0.171. The standard InChI is InChI=1S/C8H12N2O/c1-8(7(10)11)4-6(5-8)2-3-9/h6H,2,4-5H2,1H3,(H2,10,11). The van der Waals surface area contributed by atoms with Gasteiger partial charge in [-0.15, -0.1) is 0 Å². The fraction of sp³-hybridized carbons (Fsp3) is 0.750. The molecule has 3 nitrogen and oxygen atoms in total. The molecule has 0 aromatic rings. The molecule has 2 N–H and O–H groups in total. The molecule has 0 aromatic carbocycles. The van der Waals surface area contributed by atoms with Gasteiger partial charge >= 0.3 is 0 Å². The molecule has 0 aliphatic heterocycles. The van der Waals surface area contributed by atoms with Crippen LogP contribution in [0, 0.1) is 22.7 Å². The maximum Gasteiger partial charge on any atom is 0.223 e. The van der Waals surface area contributed by atoms with Gasteiger partial charge in [0.25, 0.3) is 0 Å². The molecule has 3 heteroatoms. The normalized spacial score (nSPS) is 35.5. The van der Waals surface area contributed by atoms with Crippen LogP contribution in [-0.2, 0) is 4.79 Å². The van der Waals surface area contributed by atoms with E-state index in [-0.39, 0.29) is 11.3 Å². The summed E-state index contributed by atoms with van der Waals surface area (Å²) in [6.45, 7) is 1.86. The number of rotatable bonds is 2. The second-order valence-electron chi connectivity index (χ2n) is 3.56. The van der Waals surface area contributed by atoms with Crippen molar-refractivity contribution in [2.75, 3.05) is 0 Å². The molecule has 0 saturated heterocycles. The fourth-order valence-corrected chi connectivity index (χ4v) is 1.69. The van der Waals surface area contributed by atoms with Crippen molar-refractivity contribution in [1.82, 2.24) is 0 Å². The molecule has 1 saturated carbocycles. The maximum atomic E-state index is 10.8. The highest BCUT2D eigenvalue weighted by Crippen LogP contribution is 2.46. The van der Waals surface area contributed by atoms with Gasteiger partial charge in [0.2, 0.25) is 5.91 Å². The molecule has 1 amide bonds. The third kappa shape index (κ3) is 1.35. The number of carbonyl (C=O) groups is 1. The Bertz CT molecular complexity index is 211. The summed E-state index contributed by atoms with van der Waals surface area (Å²) in [6.07, 6.45) is 2.13. The lowest BCUT2D eigenvalue weighted by atomic mass is 9.62. The zero-order chi connectivity index (χ0) is 8.48. The lowest BCUT2D eigenvalue weighted by molar-refractivity contribution is -0.134. The summed E-state index contributed by atoms with van der Waals surface area (Å²) in [5, 5.41) is 8.34. The van der Waals surface area contributed by atoms with E-state index < -0.39 is 0 Å². The molecule has 1 aliphatic rings. The fourth-order valence-electron chi connectivity index (χ4n) is 1.69. The van der Waals surface area contributed by atoms with E-state index >= 15 is 0 Å². The highest BCUT2D eigenvalue weighted by atomic mass is 16.1. The number of hydrogen-bond donors (Lipinski definition) is 1. The Hall–Kier alpha value is -1.04. The molecule has 1 aliphatic carbocycles. The minimum absolute atomic E-state index is 0.230. The molecule has 60 valence electrons. The van der Waals surface area contributed by atoms with Crippen molar-refractivity contribution in [1.29, 1.82) is 5.26 Å². The lowest BCUT2D eigenvalue weighted by Crippen LogP contribution is -2.45. The number of amides is 1. The van der Waals surface area contributed by atoms with Crippen LogP contribution in [0.4, 0.5) is 0 Å². The van der Waals surface area contributed by atoms with Gasteiger partial charge in [-0.3, -0.25) is 4.79 Å². The van der Waals surface area contributed by atoms with Crippen molar-refractivity contribution in [2.24, 2.45) is 17.1 Å². The van der Waals surface area contributed by atoms with E-state index in [4.69, 9.17) is 11.0 Å². The van der Waals surface area contributed by atoms with E-state index in [1.54, 1.807) is 0 Å². The molecule has 0 unspecified atom stereocenters. The molecule has 1 rings (SSSR count). The number of nitrogens with two attached hydrogens (primary N) is 1. The largest absolute Gasteiger partial charge is 0.369 e. The first-order valence-corrected chi connectivity index (χ1v) is 3.75. The Labute approximate surface area is 66.2 Å². The molecule has 1 fully saturated rings. The van der Waals surface area contributed by atoms with Crippen molar-refractivity contribution < 1.29 is 4.79 Å². The smallest absolute Gasteiger partial charge is 0.223 e. The number of nitriles is 1. The third-order valence-electron chi connectivity index (χ3n) is 2.45. The van der Waals surface area contributed by atoms with Crippen molar-refractivity contribution in [2.45, 2.75) is 26.2 Å². The molecule has 0 aromatic heterocycles. The second kappa shape index (κ2) is 2.54. The molecule has 0 atom stereocenters. The molecule has 11 heavy (non-hydrogen) atoms. The van der Waals surface area contributed by atoms with Gasteiger partial charge in [-0.05, 0) is 18.8 Å². The van der Waals surface area contributed by atoms with Crippen LogP contribution < -0.4 is 5.73 Å².